The van der Waals surface area contributed by atoms with Gasteiger partial charge in [0.25, 0.3) is 0 Å². The molecule has 0 aromatic carbocycles. The minimum Gasteiger partial charge on any atom is -0.481 e. The van der Waals surface area contributed by atoms with E-state index in [1.165, 1.54) is 11.8 Å². The third kappa shape index (κ3) is 4.95. The predicted octanol–water partition coefficient (Wildman–Crippen LogP) is 0.880. The summed E-state index contributed by atoms with van der Waals surface area (Å²) in [6.07, 6.45) is 3.43. The molecule has 2 N–H and O–H groups in total. The number of ether oxygens (including phenoxy) is 1. The molecule has 1 fully saturated rings. The second-order valence-electron chi connectivity index (χ2n) is 4.21. The third-order valence-electron chi connectivity index (χ3n) is 2.97. The van der Waals surface area contributed by atoms with E-state index in [9.17, 15) is 9.59 Å². The quantitative estimate of drug-likeness (QED) is 0.634. The van der Waals surface area contributed by atoms with Crippen molar-refractivity contribution in [3.05, 3.63) is 0 Å². The standard InChI is InChI=1S/C11H19NO4S/c1-16-11(3-2-4-11)7-9(13)12-5-6-17-8-10(14)15/h2-8H2,1H3,(H,12,13)(H,14,15). The fraction of sp³-hybridized carbons (Fsp3) is 0.818. The molecule has 0 heterocycles. The molecular formula is C11H19NO4S. The van der Waals surface area contributed by atoms with Crippen molar-refractivity contribution in [3.8, 4) is 0 Å². The lowest BCUT2D eigenvalue weighted by Crippen LogP contribution is -2.44. The smallest absolute Gasteiger partial charge is 0.313 e. The lowest BCUT2D eigenvalue weighted by atomic mass is 9.77. The second-order valence-corrected chi connectivity index (χ2v) is 5.32. The van der Waals surface area contributed by atoms with Gasteiger partial charge in [-0.2, -0.15) is 0 Å². The van der Waals surface area contributed by atoms with Crippen LogP contribution < -0.4 is 5.32 Å². The van der Waals surface area contributed by atoms with Gasteiger partial charge in [-0.3, -0.25) is 9.59 Å². The van der Waals surface area contributed by atoms with Gasteiger partial charge in [-0.15, -0.1) is 11.8 Å². The molecule has 0 spiro atoms. The molecule has 17 heavy (non-hydrogen) atoms. The number of methoxy groups -OCH3 is 1. The fourth-order valence-corrected chi connectivity index (χ4v) is 2.37. The van der Waals surface area contributed by atoms with Crippen molar-refractivity contribution < 1.29 is 19.4 Å². The van der Waals surface area contributed by atoms with E-state index in [4.69, 9.17) is 9.84 Å². The van der Waals surface area contributed by atoms with Crippen LogP contribution in [-0.4, -0.2) is 47.7 Å². The Kier molecular flexibility index (Phi) is 5.77. The Hall–Kier alpha value is -0.750. The normalized spacial score (nSPS) is 17.2. The van der Waals surface area contributed by atoms with Gasteiger partial charge in [-0.05, 0) is 19.3 Å². The van der Waals surface area contributed by atoms with E-state index in [2.05, 4.69) is 5.32 Å². The highest BCUT2D eigenvalue weighted by atomic mass is 32.2. The van der Waals surface area contributed by atoms with E-state index >= 15 is 0 Å². The Morgan fingerprint density at radius 1 is 1.47 bits per heavy atom. The van der Waals surface area contributed by atoms with Crippen molar-refractivity contribution in [2.75, 3.05) is 25.2 Å². The summed E-state index contributed by atoms with van der Waals surface area (Å²) < 4.78 is 5.36. The number of carbonyl (C=O) groups excluding carboxylic acids is 1. The predicted molar refractivity (Wildman–Crippen MR) is 66.2 cm³/mol. The molecule has 1 saturated carbocycles. The van der Waals surface area contributed by atoms with Crippen LogP contribution in [0.15, 0.2) is 0 Å². The number of hydrogen-bond donors (Lipinski definition) is 2. The fourth-order valence-electron chi connectivity index (χ4n) is 1.80. The molecule has 0 unspecified atom stereocenters. The van der Waals surface area contributed by atoms with Gasteiger partial charge in [-0.25, -0.2) is 0 Å². The Bertz CT molecular complexity index is 273. The molecule has 98 valence electrons. The SMILES string of the molecule is COC1(CC(=O)NCCSCC(=O)O)CCC1. The van der Waals surface area contributed by atoms with Crippen molar-refractivity contribution in [2.45, 2.75) is 31.3 Å². The van der Waals surface area contributed by atoms with Gasteiger partial charge in [0, 0.05) is 19.4 Å². The maximum absolute atomic E-state index is 11.6. The molecule has 1 rings (SSSR count). The zero-order valence-electron chi connectivity index (χ0n) is 10.0. The van der Waals surface area contributed by atoms with Gasteiger partial charge in [-0.1, -0.05) is 0 Å². The maximum Gasteiger partial charge on any atom is 0.313 e. The van der Waals surface area contributed by atoms with Gasteiger partial charge in [0.15, 0.2) is 0 Å². The summed E-state index contributed by atoms with van der Waals surface area (Å²) in [4.78, 5) is 21.8. The van der Waals surface area contributed by atoms with Crippen molar-refractivity contribution in [2.24, 2.45) is 0 Å². The maximum atomic E-state index is 11.6. The van der Waals surface area contributed by atoms with Crippen LogP contribution in [0.1, 0.15) is 25.7 Å². The summed E-state index contributed by atoms with van der Waals surface area (Å²) in [5.41, 5.74) is -0.238. The van der Waals surface area contributed by atoms with Crippen molar-refractivity contribution in [3.63, 3.8) is 0 Å². The number of rotatable bonds is 8. The van der Waals surface area contributed by atoms with E-state index in [0.29, 0.717) is 18.7 Å². The Balaban J connectivity index is 2.07. The lowest BCUT2D eigenvalue weighted by Gasteiger charge is -2.39. The number of thioether (sulfide) groups is 1. The number of carboxylic acid groups (broad SMARTS) is 1. The molecule has 0 aliphatic heterocycles. The molecule has 1 aliphatic carbocycles. The van der Waals surface area contributed by atoms with Gasteiger partial charge in [0.2, 0.25) is 5.91 Å². The first-order chi connectivity index (χ1) is 8.08. The lowest BCUT2D eigenvalue weighted by molar-refractivity contribution is -0.134. The zero-order chi connectivity index (χ0) is 12.7. The van der Waals surface area contributed by atoms with Crippen LogP contribution in [0.25, 0.3) is 0 Å². The molecular weight excluding hydrogens is 242 g/mol. The topological polar surface area (TPSA) is 75.6 Å². The van der Waals surface area contributed by atoms with Crippen molar-refractivity contribution in [1.82, 2.24) is 5.32 Å². The number of amides is 1. The highest BCUT2D eigenvalue weighted by molar-refractivity contribution is 7.99. The molecule has 0 atom stereocenters. The zero-order valence-corrected chi connectivity index (χ0v) is 10.8. The van der Waals surface area contributed by atoms with Crippen LogP contribution in [-0.2, 0) is 14.3 Å². The average Bonchev–Trinajstić information content (AvgIpc) is 2.22. The summed E-state index contributed by atoms with van der Waals surface area (Å²) in [6, 6.07) is 0. The number of nitrogens with one attached hydrogen (secondary N) is 1. The third-order valence-corrected chi connectivity index (χ3v) is 3.92. The average molecular weight is 261 g/mol. The van der Waals surface area contributed by atoms with E-state index in [1.807, 2.05) is 0 Å². The van der Waals surface area contributed by atoms with Crippen LogP contribution in [0, 0.1) is 0 Å². The summed E-state index contributed by atoms with van der Waals surface area (Å²) in [5, 5.41) is 11.2. The molecule has 1 aliphatic rings. The first-order valence-electron chi connectivity index (χ1n) is 5.69. The van der Waals surface area contributed by atoms with E-state index in [0.717, 1.165) is 19.3 Å². The van der Waals surface area contributed by atoms with Crippen molar-refractivity contribution >= 4 is 23.6 Å². The van der Waals surface area contributed by atoms with Crippen LogP contribution >= 0.6 is 11.8 Å². The van der Waals surface area contributed by atoms with E-state index in [-0.39, 0.29) is 17.3 Å². The Morgan fingerprint density at radius 3 is 2.65 bits per heavy atom. The summed E-state index contributed by atoms with van der Waals surface area (Å²) in [6.45, 7) is 0.510. The minimum absolute atomic E-state index is 0.0116. The number of carbonyl (C=O) groups is 2. The summed E-state index contributed by atoms with van der Waals surface area (Å²) >= 11 is 1.30. The molecule has 0 saturated heterocycles. The Labute approximate surface area is 105 Å². The van der Waals surface area contributed by atoms with Crippen LogP contribution in [0.3, 0.4) is 0 Å². The highest BCUT2D eigenvalue weighted by Crippen LogP contribution is 2.37. The molecule has 0 radical (unpaired) electrons. The molecule has 5 nitrogen and oxygen atoms in total. The molecule has 0 bridgehead atoms. The van der Waals surface area contributed by atoms with Crippen LogP contribution in [0.4, 0.5) is 0 Å². The highest BCUT2D eigenvalue weighted by Gasteiger charge is 2.38. The van der Waals surface area contributed by atoms with Gasteiger partial charge >= 0.3 is 5.97 Å². The van der Waals surface area contributed by atoms with E-state index in [1.54, 1.807) is 7.11 Å². The van der Waals surface area contributed by atoms with Crippen LogP contribution in [0.2, 0.25) is 0 Å². The second kappa shape index (κ2) is 6.86. The molecule has 6 heteroatoms. The monoisotopic (exact) mass is 261 g/mol. The van der Waals surface area contributed by atoms with Gasteiger partial charge in [0.05, 0.1) is 17.8 Å². The van der Waals surface area contributed by atoms with E-state index < -0.39 is 5.97 Å². The van der Waals surface area contributed by atoms with Crippen molar-refractivity contribution in [1.29, 1.82) is 0 Å². The molecule has 1 amide bonds. The first kappa shape index (κ1) is 14.3. The number of hydrogen-bond acceptors (Lipinski definition) is 4. The van der Waals surface area contributed by atoms with Gasteiger partial charge < -0.3 is 15.2 Å². The molecule has 0 aromatic heterocycles. The Morgan fingerprint density at radius 2 is 2.18 bits per heavy atom. The minimum atomic E-state index is -0.825. The molecule has 0 aromatic rings. The first-order valence-corrected chi connectivity index (χ1v) is 6.85. The van der Waals surface area contributed by atoms with Gasteiger partial charge in [0.1, 0.15) is 0 Å². The largest absolute Gasteiger partial charge is 0.481 e. The number of aliphatic carboxylic acids is 1. The summed E-state index contributed by atoms with van der Waals surface area (Å²) in [5.74, 6) is -0.132. The summed E-state index contributed by atoms with van der Waals surface area (Å²) in [7, 11) is 1.65. The van der Waals surface area contributed by atoms with Crippen LogP contribution in [0.5, 0.6) is 0 Å². The number of carboxylic acids is 1.